The lowest BCUT2D eigenvalue weighted by Gasteiger charge is -2.32. The van der Waals surface area contributed by atoms with E-state index in [1.54, 1.807) is 37.4 Å². The Morgan fingerprint density at radius 3 is 2.16 bits per heavy atom. The molecule has 6 rings (SSSR count). The molecule has 0 bridgehead atoms. The number of fused-ring (bicyclic) bond motifs is 1. The van der Waals surface area contributed by atoms with Crippen LogP contribution in [0.4, 0.5) is 14.5 Å². The number of carbonyl (C=O) groups is 2. The zero-order valence-corrected chi connectivity index (χ0v) is 27.9. The fourth-order valence-corrected chi connectivity index (χ4v) is 6.08. The number of ether oxygens (including phenoxy) is 2. The Morgan fingerprint density at radius 2 is 1.57 bits per heavy atom. The van der Waals surface area contributed by atoms with E-state index in [9.17, 15) is 18.4 Å². The number of hydrogen-bond acceptors (Lipinski definition) is 6. The lowest BCUT2D eigenvalue weighted by Crippen LogP contribution is -2.47. The van der Waals surface area contributed by atoms with E-state index in [2.05, 4.69) is 29.4 Å². The van der Waals surface area contributed by atoms with Crippen LogP contribution >= 0.6 is 0 Å². The molecule has 1 heterocycles. The second kappa shape index (κ2) is 13.5. The van der Waals surface area contributed by atoms with Gasteiger partial charge in [-0.05, 0) is 75.2 Å². The standard InChI is InChI=1S/C39H37F2N3O5/c1-6-44(7-2)32-22-34-30(21-29(32)24-11-14-33(47-5)31(17-24)37(45)43-39(3)15-8-16-39)35(38(46)42-4)36(49-34)23-9-12-27(13-10-23)48-28-19-25(40)18-26(41)20-28/h8-15,17-22H,6-7,16H2,1-5H3,(H,42,46)(H,43,45). The molecule has 1 atom stereocenters. The molecule has 1 aliphatic carbocycles. The van der Waals surface area contributed by atoms with Crippen LogP contribution in [-0.2, 0) is 0 Å². The lowest BCUT2D eigenvalue weighted by atomic mass is 9.87. The monoisotopic (exact) mass is 665 g/mol. The molecule has 1 aromatic heterocycles. The van der Waals surface area contributed by atoms with Gasteiger partial charge in [-0.15, -0.1) is 0 Å². The van der Waals surface area contributed by atoms with Crippen molar-refractivity contribution in [3.8, 4) is 39.7 Å². The molecular formula is C39H37F2N3O5. The van der Waals surface area contributed by atoms with Gasteiger partial charge >= 0.3 is 0 Å². The average Bonchev–Trinajstić information content (AvgIpc) is 3.45. The van der Waals surface area contributed by atoms with Gasteiger partial charge in [-0.1, -0.05) is 18.2 Å². The van der Waals surface area contributed by atoms with E-state index >= 15 is 0 Å². The van der Waals surface area contributed by atoms with Crippen molar-refractivity contribution in [1.29, 1.82) is 0 Å². The van der Waals surface area contributed by atoms with Crippen LogP contribution in [0.25, 0.3) is 33.4 Å². The Labute approximate surface area is 283 Å². The number of nitrogens with zero attached hydrogens (tertiary/aromatic N) is 1. The van der Waals surface area contributed by atoms with Gasteiger partial charge in [0, 0.05) is 66.6 Å². The van der Waals surface area contributed by atoms with Gasteiger partial charge in [0.15, 0.2) is 0 Å². The second-order valence-corrected chi connectivity index (χ2v) is 12.0. The van der Waals surface area contributed by atoms with Gasteiger partial charge in [0.25, 0.3) is 11.8 Å². The maximum atomic E-state index is 13.7. The third kappa shape index (κ3) is 6.59. The molecule has 0 fully saturated rings. The first-order valence-electron chi connectivity index (χ1n) is 16.1. The van der Waals surface area contributed by atoms with Crippen LogP contribution in [0.15, 0.2) is 89.4 Å². The number of benzene rings is 4. The van der Waals surface area contributed by atoms with E-state index in [-0.39, 0.29) is 17.6 Å². The minimum Gasteiger partial charge on any atom is -0.496 e. The van der Waals surface area contributed by atoms with Gasteiger partial charge in [-0.3, -0.25) is 9.59 Å². The number of anilines is 1. The van der Waals surface area contributed by atoms with Crippen molar-refractivity contribution in [3.63, 3.8) is 0 Å². The molecule has 0 radical (unpaired) electrons. The zero-order chi connectivity index (χ0) is 34.9. The summed E-state index contributed by atoms with van der Waals surface area (Å²) in [5, 5.41) is 6.42. The molecule has 1 aliphatic rings. The number of carbonyl (C=O) groups excluding carboxylic acids is 2. The highest BCUT2D eigenvalue weighted by molar-refractivity contribution is 6.13. The maximum Gasteiger partial charge on any atom is 0.255 e. The van der Waals surface area contributed by atoms with Crippen LogP contribution in [0.3, 0.4) is 0 Å². The molecule has 0 saturated heterocycles. The molecule has 0 saturated carbocycles. The maximum absolute atomic E-state index is 13.7. The van der Waals surface area contributed by atoms with Crippen LogP contribution in [0, 0.1) is 11.6 Å². The van der Waals surface area contributed by atoms with E-state index in [1.807, 2.05) is 43.3 Å². The molecule has 5 aromatic rings. The predicted octanol–water partition coefficient (Wildman–Crippen LogP) is 8.50. The predicted molar refractivity (Wildman–Crippen MR) is 187 cm³/mol. The highest BCUT2D eigenvalue weighted by Gasteiger charge is 2.30. The largest absolute Gasteiger partial charge is 0.496 e. The normalized spacial score (nSPS) is 15.1. The van der Waals surface area contributed by atoms with Gasteiger partial charge < -0.3 is 29.4 Å². The Balaban J connectivity index is 1.47. The van der Waals surface area contributed by atoms with Crippen molar-refractivity contribution in [2.45, 2.75) is 32.7 Å². The molecule has 2 N–H and O–H groups in total. The Hall–Kier alpha value is -5.64. The summed E-state index contributed by atoms with van der Waals surface area (Å²) >= 11 is 0. The van der Waals surface area contributed by atoms with Crippen molar-refractivity contribution in [3.05, 3.63) is 108 Å². The van der Waals surface area contributed by atoms with Crippen molar-refractivity contribution in [2.24, 2.45) is 0 Å². The summed E-state index contributed by atoms with van der Waals surface area (Å²) in [6, 6.07) is 19.0. The minimum atomic E-state index is -0.748. The van der Waals surface area contributed by atoms with Crippen LogP contribution in [0.5, 0.6) is 17.2 Å². The summed E-state index contributed by atoms with van der Waals surface area (Å²) in [4.78, 5) is 29.2. The number of methoxy groups -OCH3 is 1. The highest BCUT2D eigenvalue weighted by atomic mass is 19.1. The number of hydrogen-bond donors (Lipinski definition) is 2. The third-order valence-electron chi connectivity index (χ3n) is 8.73. The summed E-state index contributed by atoms with van der Waals surface area (Å²) < 4.78 is 45.1. The topological polar surface area (TPSA) is 93.0 Å². The molecule has 0 aliphatic heterocycles. The lowest BCUT2D eigenvalue weighted by molar-refractivity contribution is 0.0913. The Bertz CT molecular complexity index is 2060. The minimum absolute atomic E-state index is 0.0183. The molecule has 10 heteroatoms. The first kappa shape index (κ1) is 33.3. The quantitative estimate of drug-likeness (QED) is 0.138. The Kier molecular flexibility index (Phi) is 9.14. The SMILES string of the molecule is CCN(CC)c1cc2oc(-c3ccc(Oc4cc(F)cc(F)c4)cc3)c(C(=O)NC)c2cc1-c1ccc(OC)c(C(=O)NC2(C)C=CC2)c1. The number of rotatable bonds is 11. The van der Waals surface area contributed by atoms with E-state index in [4.69, 9.17) is 13.9 Å². The van der Waals surface area contributed by atoms with Gasteiger partial charge in [0.2, 0.25) is 0 Å². The van der Waals surface area contributed by atoms with Gasteiger partial charge in [-0.2, -0.15) is 0 Å². The van der Waals surface area contributed by atoms with Crippen molar-refractivity contribution in [1.82, 2.24) is 10.6 Å². The molecule has 0 spiro atoms. The van der Waals surface area contributed by atoms with Crippen LogP contribution in [-0.4, -0.2) is 44.6 Å². The van der Waals surface area contributed by atoms with Gasteiger partial charge in [0.05, 0.1) is 23.8 Å². The molecule has 2 amide bonds. The summed E-state index contributed by atoms with van der Waals surface area (Å²) in [5.74, 6) is -0.930. The summed E-state index contributed by atoms with van der Waals surface area (Å²) in [6.45, 7) is 7.49. The molecular weight excluding hydrogens is 628 g/mol. The van der Waals surface area contributed by atoms with Gasteiger partial charge in [0.1, 0.15) is 40.2 Å². The fraction of sp³-hybridized carbons (Fsp3) is 0.231. The first-order chi connectivity index (χ1) is 23.6. The summed E-state index contributed by atoms with van der Waals surface area (Å²) in [6.07, 6.45) is 4.73. The smallest absolute Gasteiger partial charge is 0.255 e. The van der Waals surface area contributed by atoms with Crippen LogP contribution in [0.2, 0.25) is 0 Å². The first-order valence-corrected chi connectivity index (χ1v) is 16.1. The second-order valence-electron chi connectivity index (χ2n) is 12.0. The van der Waals surface area contributed by atoms with Crippen molar-refractivity contribution < 1.29 is 32.3 Å². The molecule has 8 nitrogen and oxygen atoms in total. The fourth-order valence-electron chi connectivity index (χ4n) is 6.08. The van der Waals surface area contributed by atoms with E-state index in [1.165, 1.54) is 7.11 Å². The number of nitrogens with one attached hydrogen (secondary N) is 2. The van der Waals surface area contributed by atoms with E-state index < -0.39 is 17.2 Å². The molecule has 49 heavy (non-hydrogen) atoms. The van der Waals surface area contributed by atoms with E-state index in [0.717, 1.165) is 41.4 Å². The average molecular weight is 666 g/mol. The molecule has 252 valence electrons. The van der Waals surface area contributed by atoms with Crippen molar-refractivity contribution >= 4 is 28.5 Å². The zero-order valence-electron chi connectivity index (χ0n) is 27.9. The number of halogens is 2. The molecule has 4 aromatic carbocycles. The summed E-state index contributed by atoms with van der Waals surface area (Å²) in [5.41, 5.74) is 3.87. The highest BCUT2D eigenvalue weighted by Crippen LogP contribution is 2.42. The number of furan rings is 1. The third-order valence-corrected chi connectivity index (χ3v) is 8.73. The van der Waals surface area contributed by atoms with E-state index in [0.29, 0.717) is 58.0 Å². The number of amides is 2. The van der Waals surface area contributed by atoms with Crippen molar-refractivity contribution in [2.75, 3.05) is 32.1 Å². The van der Waals surface area contributed by atoms with Crippen LogP contribution in [0.1, 0.15) is 47.9 Å². The summed E-state index contributed by atoms with van der Waals surface area (Å²) in [7, 11) is 3.09. The molecule has 1 unspecified atom stereocenters. The van der Waals surface area contributed by atoms with Gasteiger partial charge in [-0.25, -0.2) is 8.78 Å². The van der Waals surface area contributed by atoms with Crippen LogP contribution < -0.4 is 25.0 Å². The Morgan fingerprint density at radius 1 is 0.898 bits per heavy atom.